The molecule has 1 saturated heterocycles. The summed E-state index contributed by atoms with van der Waals surface area (Å²) in [7, 11) is 0. The molecule has 0 unspecified atom stereocenters. The number of nitrogens with two attached hydrogens (primary N) is 1. The van der Waals surface area contributed by atoms with E-state index in [0.29, 0.717) is 0 Å². The lowest BCUT2D eigenvalue weighted by molar-refractivity contribution is -0.134. The van der Waals surface area contributed by atoms with Gasteiger partial charge in [-0.25, -0.2) is 4.98 Å². The molecular formula is C16H25N3OS. The highest BCUT2D eigenvalue weighted by Crippen LogP contribution is 2.18. The Morgan fingerprint density at radius 3 is 2.90 bits per heavy atom. The summed E-state index contributed by atoms with van der Waals surface area (Å²) in [6, 6.07) is 5.56. The van der Waals surface area contributed by atoms with Gasteiger partial charge in [-0.3, -0.25) is 4.79 Å². The number of likely N-dealkylation sites (tertiary alicyclic amines) is 1. The summed E-state index contributed by atoms with van der Waals surface area (Å²) in [5, 5.41) is 1.03. The number of hydrogen-bond acceptors (Lipinski definition) is 4. The standard InChI is InChI=1S/C16H25N3OS/c1-13-7-10-19(11-8-13)16(20)14(17)5-4-12-21-15-6-2-3-9-18-15/h2-3,6,9,13-14H,4-5,7-8,10-12,17H2,1H3/t14-/m0/s1. The molecule has 1 aromatic rings. The summed E-state index contributed by atoms with van der Waals surface area (Å²) in [4.78, 5) is 18.5. The van der Waals surface area contributed by atoms with Crippen molar-refractivity contribution in [1.82, 2.24) is 9.88 Å². The number of amides is 1. The summed E-state index contributed by atoms with van der Waals surface area (Å²) < 4.78 is 0. The van der Waals surface area contributed by atoms with E-state index in [-0.39, 0.29) is 11.9 Å². The van der Waals surface area contributed by atoms with Gasteiger partial charge in [0, 0.05) is 19.3 Å². The van der Waals surface area contributed by atoms with Gasteiger partial charge in [-0.2, -0.15) is 0 Å². The van der Waals surface area contributed by atoms with Crippen molar-refractivity contribution >= 4 is 17.7 Å². The molecule has 2 heterocycles. The van der Waals surface area contributed by atoms with Crippen LogP contribution in [0.3, 0.4) is 0 Å². The second-order valence-electron chi connectivity index (χ2n) is 5.77. The number of aromatic nitrogens is 1. The molecule has 2 N–H and O–H groups in total. The number of pyridine rings is 1. The predicted octanol–water partition coefficient (Wildman–Crippen LogP) is 2.54. The van der Waals surface area contributed by atoms with Crippen LogP contribution < -0.4 is 5.73 Å². The average molecular weight is 307 g/mol. The molecule has 1 aliphatic rings. The van der Waals surface area contributed by atoms with Crippen LogP contribution in [0.15, 0.2) is 29.4 Å². The molecule has 0 spiro atoms. The Morgan fingerprint density at radius 2 is 2.24 bits per heavy atom. The largest absolute Gasteiger partial charge is 0.341 e. The first-order valence-electron chi connectivity index (χ1n) is 7.75. The van der Waals surface area contributed by atoms with E-state index in [0.717, 1.165) is 55.5 Å². The molecule has 116 valence electrons. The highest BCUT2D eigenvalue weighted by Gasteiger charge is 2.24. The van der Waals surface area contributed by atoms with Gasteiger partial charge in [-0.15, -0.1) is 11.8 Å². The molecule has 1 fully saturated rings. The number of nitrogens with zero attached hydrogens (tertiary/aromatic N) is 2. The fourth-order valence-corrected chi connectivity index (χ4v) is 3.33. The highest BCUT2D eigenvalue weighted by molar-refractivity contribution is 7.99. The summed E-state index contributed by atoms with van der Waals surface area (Å²) >= 11 is 1.72. The first-order chi connectivity index (χ1) is 10.2. The van der Waals surface area contributed by atoms with Gasteiger partial charge in [-0.1, -0.05) is 13.0 Å². The Bertz CT molecular complexity index is 432. The van der Waals surface area contributed by atoms with E-state index < -0.39 is 0 Å². The van der Waals surface area contributed by atoms with E-state index in [9.17, 15) is 4.79 Å². The second kappa shape index (κ2) is 8.39. The van der Waals surface area contributed by atoms with Crippen molar-refractivity contribution in [1.29, 1.82) is 0 Å². The van der Waals surface area contributed by atoms with Gasteiger partial charge in [0.15, 0.2) is 0 Å². The van der Waals surface area contributed by atoms with Gasteiger partial charge in [0.1, 0.15) is 0 Å². The Hall–Kier alpha value is -1.07. The zero-order valence-corrected chi connectivity index (χ0v) is 13.5. The fourth-order valence-electron chi connectivity index (χ4n) is 2.50. The summed E-state index contributed by atoms with van der Waals surface area (Å²) in [6.07, 6.45) is 5.71. The molecule has 0 saturated carbocycles. The van der Waals surface area contributed by atoms with Crippen LogP contribution in [0.5, 0.6) is 0 Å². The Morgan fingerprint density at radius 1 is 1.48 bits per heavy atom. The lowest BCUT2D eigenvalue weighted by Crippen LogP contribution is -2.47. The maximum Gasteiger partial charge on any atom is 0.239 e. The van der Waals surface area contributed by atoms with Crippen LogP contribution in [0.4, 0.5) is 0 Å². The number of hydrogen-bond donors (Lipinski definition) is 1. The second-order valence-corrected chi connectivity index (χ2v) is 6.89. The third-order valence-corrected chi connectivity index (χ3v) is 4.99. The molecule has 0 bridgehead atoms. The van der Waals surface area contributed by atoms with Gasteiger partial charge in [-0.05, 0) is 49.5 Å². The third-order valence-electron chi connectivity index (χ3n) is 3.96. The van der Waals surface area contributed by atoms with Crippen molar-refractivity contribution in [3.8, 4) is 0 Å². The minimum absolute atomic E-state index is 0.129. The SMILES string of the molecule is CC1CCN(C(=O)[C@@H](N)CCCSc2ccccn2)CC1. The third kappa shape index (κ3) is 5.32. The van der Waals surface area contributed by atoms with E-state index >= 15 is 0 Å². The van der Waals surface area contributed by atoms with E-state index in [4.69, 9.17) is 5.73 Å². The lowest BCUT2D eigenvalue weighted by Gasteiger charge is -2.32. The van der Waals surface area contributed by atoms with Crippen molar-refractivity contribution in [2.24, 2.45) is 11.7 Å². The molecule has 1 aromatic heterocycles. The van der Waals surface area contributed by atoms with E-state index in [1.165, 1.54) is 0 Å². The van der Waals surface area contributed by atoms with Crippen LogP contribution >= 0.6 is 11.8 Å². The molecule has 21 heavy (non-hydrogen) atoms. The van der Waals surface area contributed by atoms with Crippen LogP contribution in [0.2, 0.25) is 0 Å². The minimum Gasteiger partial charge on any atom is -0.341 e. The predicted molar refractivity (Wildman–Crippen MR) is 87.1 cm³/mol. The molecule has 0 aromatic carbocycles. The van der Waals surface area contributed by atoms with Crippen LogP contribution in [-0.4, -0.2) is 40.7 Å². The molecule has 1 amide bonds. The molecule has 0 radical (unpaired) electrons. The van der Waals surface area contributed by atoms with Gasteiger partial charge in [0.05, 0.1) is 11.1 Å². The molecule has 5 heteroatoms. The van der Waals surface area contributed by atoms with E-state index in [1.54, 1.807) is 18.0 Å². The Balaban J connectivity index is 1.64. The molecule has 2 rings (SSSR count). The minimum atomic E-state index is -0.345. The highest BCUT2D eigenvalue weighted by atomic mass is 32.2. The van der Waals surface area contributed by atoms with E-state index in [2.05, 4.69) is 11.9 Å². The first-order valence-corrected chi connectivity index (χ1v) is 8.73. The van der Waals surface area contributed by atoms with Crippen molar-refractivity contribution < 1.29 is 4.79 Å². The lowest BCUT2D eigenvalue weighted by atomic mass is 9.98. The van der Waals surface area contributed by atoms with Crippen molar-refractivity contribution in [3.05, 3.63) is 24.4 Å². The number of carbonyl (C=O) groups is 1. The van der Waals surface area contributed by atoms with Gasteiger partial charge in [0.2, 0.25) is 5.91 Å². The smallest absolute Gasteiger partial charge is 0.239 e. The monoisotopic (exact) mass is 307 g/mol. The average Bonchev–Trinajstić information content (AvgIpc) is 2.52. The molecule has 1 atom stereocenters. The molecule has 1 aliphatic heterocycles. The summed E-state index contributed by atoms with van der Waals surface area (Å²) in [5.41, 5.74) is 6.05. The van der Waals surface area contributed by atoms with Crippen molar-refractivity contribution in [2.45, 2.75) is 43.7 Å². The van der Waals surface area contributed by atoms with Crippen molar-refractivity contribution in [2.75, 3.05) is 18.8 Å². The summed E-state index contributed by atoms with van der Waals surface area (Å²) in [5.74, 6) is 1.82. The fraction of sp³-hybridized carbons (Fsp3) is 0.625. The molecular weight excluding hydrogens is 282 g/mol. The summed E-state index contributed by atoms with van der Waals surface area (Å²) in [6.45, 7) is 3.99. The number of carbonyl (C=O) groups excluding carboxylic acids is 1. The van der Waals surface area contributed by atoms with Gasteiger partial charge >= 0.3 is 0 Å². The molecule has 4 nitrogen and oxygen atoms in total. The van der Waals surface area contributed by atoms with Crippen LogP contribution in [-0.2, 0) is 4.79 Å². The maximum atomic E-state index is 12.3. The Labute approximate surface area is 131 Å². The first kappa shape index (κ1) is 16.3. The van der Waals surface area contributed by atoms with Crippen molar-refractivity contribution in [3.63, 3.8) is 0 Å². The van der Waals surface area contributed by atoms with E-state index in [1.807, 2.05) is 23.1 Å². The van der Waals surface area contributed by atoms with Gasteiger partial charge < -0.3 is 10.6 Å². The number of rotatable bonds is 6. The number of thioether (sulfide) groups is 1. The van der Waals surface area contributed by atoms with Crippen LogP contribution in [0.25, 0.3) is 0 Å². The maximum absolute atomic E-state index is 12.3. The van der Waals surface area contributed by atoms with Gasteiger partial charge in [0.25, 0.3) is 0 Å². The van der Waals surface area contributed by atoms with Crippen LogP contribution in [0.1, 0.15) is 32.6 Å². The number of piperidine rings is 1. The zero-order valence-electron chi connectivity index (χ0n) is 12.7. The normalized spacial score (nSPS) is 17.7. The quantitative estimate of drug-likeness (QED) is 0.648. The molecule has 0 aliphatic carbocycles. The Kier molecular flexibility index (Phi) is 6.51. The zero-order chi connectivity index (χ0) is 15.1. The topological polar surface area (TPSA) is 59.2 Å². The van der Waals surface area contributed by atoms with Crippen LogP contribution in [0, 0.1) is 5.92 Å².